The van der Waals surface area contributed by atoms with Crippen LogP contribution >= 0.6 is 11.8 Å². The minimum Gasteiger partial charge on any atom is -0.325 e. The Kier molecular flexibility index (Phi) is 5.51. The van der Waals surface area contributed by atoms with Crippen LogP contribution in [0.5, 0.6) is 0 Å². The second kappa shape index (κ2) is 7.74. The van der Waals surface area contributed by atoms with Crippen LogP contribution in [0.4, 0.5) is 18.9 Å². The molecule has 0 unspecified atom stereocenters. The number of aryl methyl sites for hydroxylation is 1. The molecule has 0 aliphatic rings. The fourth-order valence-corrected chi connectivity index (χ4v) is 3.50. The molecule has 0 bridgehead atoms. The number of carbonyl (C=O) groups is 1. The van der Waals surface area contributed by atoms with Gasteiger partial charge in [-0.25, -0.2) is 9.78 Å². The zero-order chi connectivity index (χ0) is 21.3. The Balaban J connectivity index is 1.78. The molecule has 0 spiro atoms. The monoisotopic (exact) mass is 424 g/mol. The first-order chi connectivity index (χ1) is 13.6. The van der Waals surface area contributed by atoms with Crippen molar-refractivity contribution in [3.63, 3.8) is 0 Å². The number of pyridine rings is 1. The van der Waals surface area contributed by atoms with Crippen LogP contribution in [0.15, 0.2) is 51.0 Å². The van der Waals surface area contributed by atoms with E-state index in [0.717, 1.165) is 28.5 Å². The third kappa shape index (κ3) is 4.19. The number of anilines is 1. The van der Waals surface area contributed by atoms with Crippen molar-refractivity contribution < 1.29 is 18.0 Å². The smallest absolute Gasteiger partial charge is 0.325 e. The number of fused-ring (bicyclic) bond motifs is 1. The van der Waals surface area contributed by atoms with E-state index in [9.17, 15) is 27.6 Å². The van der Waals surface area contributed by atoms with E-state index in [1.54, 1.807) is 6.07 Å². The molecule has 3 aromatic rings. The van der Waals surface area contributed by atoms with Gasteiger partial charge < -0.3 is 5.32 Å². The van der Waals surface area contributed by atoms with Gasteiger partial charge in [-0.1, -0.05) is 0 Å². The molecule has 29 heavy (non-hydrogen) atoms. The van der Waals surface area contributed by atoms with Gasteiger partial charge in [0.1, 0.15) is 5.65 Å². The number of hydrogen-bond acceptors (Lipinski definition) is 5. The molecule has 2 heterocycles. The minimum absolute atomic E-state index is 0.0911. The van der Waals surface area contributed by atoms with E-state index in [-0.39, 0.29) is 22.5 Å². The number of halogens is 3. The Morgan fingerprint density at radius 3 is 2.38 bits per heavy atom. The molecule has 7 nitrogen and oxygen atoms in total. The quantitative estimate of drug-likeness (QED) is 0.650. The Morgan fingerprint density at radius 1 is 1.10 bits per heavy atom. The number of alkyl halides is 3. The van der Waals surface area contributed by atoms with Crippen LogP contribution in [0.2, 0.25) is 0 Å². The zero-order valence-corrected chi connectivity index (χ0v) is 16.1. The van der Waals surface area contributed by atoms with E-state index < -0.39 is 28.9 Å². The van der Waals surface area contributed by atoms with Crippen molar-refractivity contribution in [3.05, 3.63) is 62.9 Å². The van der Waals surface area contributed by atoms with E-state index in [1.807, 2.05) is 0 Å². The number of rotatable bonds is 4. The summed E-state index contributed by atoms with van der Waals surface area (Å²) in [4.78, 5) is 41.2. The fraction of sp³-hybridized carbons (Fsp3) is 0.222. The number of nitrogens with one attached hydrogen (secondary N) is 1. The summed E-state index contributed by atoms with van der Waals surface area (Å²) in [5.41, 5.74) is -1.43. The molecule has 152 valence electrons. The molecule has 0 atom stereocenters. The first kappa shape index (κ1) is 20.6. The van der Waals surface area contributed by atoms with Crippen LogP contribution in [-0.2, 0) is 25.1 Å². The number of benzene rings is 1. The molecular formula is C18H15F3N4O3S. The standard InChI is InChI=1S/C18H15F3N4O3S/c1-24-15-14(16(27)25(2)17(24)28)12(7-8-22-15)29-9-13(26)23-11-5-3-10(4-6-11)18(19,20)21/h3-8H,9H2,1-2H3,(H,23,26). The van der Waals surface area contributed by atoms with Crippen molar-refractivity contribution in [1.82, 2.24) is 14.1 Å². The fourth-order valence-electron chi connectivity index (χ4n) is 2.66. The number of nitrogens with zero attached hydrogens (tertiary/aromatic N) is 3. The van der Waals surface area contributed by atoms with Crippen LogP contribution in [0.1, 0.15) is 5.56 Å². The maximum Gasteiger partial charge on any atom is 0.416 e. The highest BCUT2D eigenvalue weighted by atomic mass is 32.2. The van der Waals surface area contributed by atoms with E-state index in [2.05, 4.69) is 10.3 Å². The van der Waals surface area contributed by atoms with Crippen LogP contribution in [0.25, 0.3) is 11.0 Å². The lowest BCUT2D eigenvalue weighted by molar-refractivity contribution is -0.137. The summed E-state index contributed by atoms with van der Waals surface area (Å²) in [6.07, 6.45) is -3.02. The number of hydrogen-bond donors (Lipinski definition) is 1. The molecule has 0 fully saturated rings. The molecule has 1 amide bonds. The van der Waals surface area contributed by atoms with Gasteiger partial charge in [0.15, 0.2) is 0 Å². The van der Waals surface area contributed by atoms with Gasteiger partial charge in [0.2, 0.25) is 5.91 Å². The third-order valence-corrected chi connectivity index (χ3v) is 5.22. The van der Waals surface area contributed by atoms with Crippen LogP contribution < -0.4 is 16.6 Å². The molecule has 0 aliphatic heterocycles. The Hall–Kier alpha value is -3.08. The molecule has 3 rings (SSSR count). The summed E-state index contributed by atoms with van der Waals surface area (Å²) in [5.74, 6) is -0.548. The molecule has 0 saturated heterocycles. The lowest BCUT2D eigenvalue weighted by atomic mass is 10.2. The second-order valence-corrected chi connectivity index (χ2v) is 7.14. The molecule has 0 saturated carbocycles. The van der Waals surface area contributed by atoms with E-state index in [0.29, 0.717) is 4.90 Å². The van der Waals surface area contributed by atoms with Crippen molar-refractivity contribution in [2.24, 2.45) is 14.1 Å². The van der Waals surface area contributed by atoms with E-state index in [4.69, 9.17) is 0 Å². The molecule has 1 N–H and O–H groups in total. The zero-order valence-electron chi connectivity index (χ0n) is 15.3. The third-order valence-electron chi connectivity index (χ3n) is 4.16. The van der Waals surface area contributed by atoms with Gasteiger partial charge in [-0.2, -0.15) is 13.2 Å². The van der Waals surface area contributed by atoms with Crippen molar-refractivity contribution in [3.8, 4) is 0 Å². The Bertz CT molecular complexity index is 1200. The minimum atomic E-state index is -4.45. The number of thioether (sulfide) groups is 1. The predicted molar refractivity (Wildman–Crippen MR) is 103 cm³/mol. The van der Waals surface area contributed by atoms with Gasteiger partial charge >= 0.3 is 11.9 Å². The van der Waals surface area contributed by atoms with Gasteiger partial charge in [-0.05, 0) is 30.3 Å². The van der Waals surface area contributed by atoms with Crippen LogP contribution in [0.3, 0.4) is 0 Å². The van der Waals surface area contributed by atoms with Gasteiger partial charge in [-0.3, -0.25) is 18.7 Å². The number of aromatic nitrogens is 3. The first-order valence-electron chi connectivity index (χ1n) is 8.24. The summed E-state index contributed by atoms with van der Waals surface area (Å²) in [7, 11) is 2.84. The summed E-state index contributed by atoms with van der Waals surface area (Å²) in [6.45, 7) is 0. The Morgan fingerprint density at radius 2 is 1.76 bits per heavy atom. The predicted octanol–water partition coefficient (Wildman–Crippen LogP) is 2.38. The first-order valence-corrected chi connectivity index (χ1v) is 9.23. The Labute approximate surface area is 166 Å². The molecule has 0 aliphatic carbocycles. The molecule has 0 radical (unpaired) electrons. The lowest BCUT2D eigenvalue weighted by Crippen LogP contribution is -2.37. The van der Waals surface area contributed by atoms with E-state index in [1.165, 1.54) is 37.0 Å². The van der Waals surface area contributed by atoms with Gasteiger partial charge in [0, 0.05) is 30.9 Å². The van der Waals surface area contributed by atoms with Crippen molar-refractivity contribution in [2.45, 2.75) is 11.1 Å². The molecule has 11 heteroatoms. The summed E-state index contributed by atoms with van der Waals surface area (Å²) < 4.78 is 40.0. The second-order valence-electron chi connectivity index (χ2n) is 6.13. The van der Waals surface area contributed by atoms with E-state index >= 15 is 0 Å². The summed E-state index contributed by atoms with van der Waals surface area (Å²) >= 11 is 1.06. The SMILES string of the molecule is Cn1c(=O)c2c(SCC(=O)Nc3ccc(C(F)(F)F)cc3)ccnc2n(C)c1=O. The lowest BCUT2D eigenvalue weighted by Gasteiger charge is -2.10. The van der Waals surface area contributed by atoms with Crippen molar-refractivity contribution >= 4 is 34.4 Å². The maximum atomic E-state index is 12.6. The van der Waals surface area contributed by atoms with Crippen molar-refractivity contribution in [1.29, 1.82) is 0 Å². The summed E-state index contributed by atoms with van der Waals surface area (Å²) in [6, 6.07) is 5.65. The molecular weight excluding hydrogens is 409 g/mol. The highest BCUT2D eigenvalue weighted by molar-refractivity contribution is 8.00. The largest absolute Gasteiger partial charge is 0.416 e. The summed E-state index contributed by atoms with van der Waals surface area (Å²) in [5, 5.41) is 2.72. The van der Waals surface area contributed by atoms with Gasteiger partial charge in [0.25, 0.3) is 5.56 Å². The highest BCUT2D eigenvalue weighted by Gasteiger charge is 2.30. The van der Waals surface area contributed by atoms with Gasteiger partial charge in [0.05, 0.1) is 16.7 Å². The number of amides is 1. The maximum absolute atomic E-state index is 12.6. The average molecular weight is 424 g/mol. The molecule has 2 aromatic heterocycles. The number of carbonyl (C=O) groups excluding carboxylic acids is 1. The highest BCUT2D eigenvalue weighted by Crippen LogP contribution is 2.30. The normalized spacial score (nSPS) is 11.6. The topological polar surface area (TPSA) is 86.0 Å². The van der Waals surface area contributed by atoms with Crippen LogP contribution in [-0.4, -0.2) is 25.8 Å². The average Bonchev–Trinajstić information content (AvgIpc) is 2.68. The molecule has 1 aromatic carbocycles. The van der Waals surface area contributed by atoms with Gasteiger partial charge in [-0.15, -0.1) is 11.8 Å². The van der Waals surface area contributed by atoms with Crippen molar-refractivity contribution in [2.75, 3.05) is 11.1 Å². The van der Waals surface area contributed by atoms with Crippen LogP contribution in [0, 0.1) is 0 Å².